The van der Waals surface area contributed by atoms with Gasteiger partial charge < -0.3 is 16.0 Å². The van der Waals surface area contributed by atoms with E-state index in [-0.39, 0.29) is 18.1 Å². The molecule has 0 radical (unpaired) electrons. The topological polar surface area (TPSA) is 61.6 Å². The second kappa shape index (κ2) is 5.71. The van der Waals surface area contributed by atoms with Crippen molar-refractivity contribution in [2.75, 3.05) is 32.7 Å². The summed E-state index contributed by atoms with van der Waals surface area (Å²) in [6.45, 7) is 3.84. The molecule has 0 saturated carbocycles. The van der Waals surface area contributed by atoms with E-state index in [1.54, 1.807) is 0 Å². The number of benzene rings is 1. The van der Waals surface area contributed by atoms with Crippen molar-refractivity contribution in [3.05, 3.63) is 34.3 Å². The van der Waals surface area contributed by atoms with E-state index in [4.69, 9.17) is 5.73 Å². The van der Waals surface area contributed by atoms with Crippen LogP contribution in [0.25, 0.3) is 0 Å². The van der Waals surface area contributed by atoms with Crippen LogP contribution < -0.4 is 11.1 Å². The number of halogens is 1. The van der Waals surface area contributed by atoms with Crippen LogP contribution in [0.1, 0.15) is 11.6 Å². The number of hydrogen-bond acceptors (Lipinski definition) is 3. The summed E-state index contributed by atoms with van der Waals surface area (Å²) in [6, 6.07) is 8.76. The van der Waals surface area contributed by atoms with Gasteiger partial charge in [-0.15, -0.1) is 0 Å². The first-order chi connectivity index (χ1) is 9.70. The zero-order chi connectivity index (χ0) is 14.1. The highest BCUT2D eigenvalue weighted by molar-refractivity contribution is 9.10. The van der Waals surface area contributed by atoms with Gasteiger partial charge in [0.1, 0.15) is 0 Å². The molecular formula is C14H19BrN4O. The van der Waals surface area contributed by atoms with E-state index >= 15 is 0 Å². The number of urea groups is 1. The van der Waals surface area contributed by atoms with E-state index in [9.17, 15) is 4.79 Å². The fourth-order valence-electron chi connectivity index (χ4n) is 3.13. The first-order valence-corrected chi connectivity index (χ1v) is 7.73. The third kappa shape index (κ3) is 2.43. The van der Waals surface area contributed by atoms with Crippen LogP contribution in [0.15, 0.2) is 28.7 Å². The summed E-state index contributed by atoms with van der Waals surface area (Å²) >= 11 is 3.61. The molecule has 3 N–H and O–H groups in total. The Morgan fingerprint density at radius 3 is 2.95 bits per heavy atom. The highest BCUT2D eigenvalue weighted by Crippen LogP contribution is 2.29. The van der Waals surface area contributed by atoms with Gasteiger partial charge in [0.15, 0.2) is 0 Å². The zero-order valence-electron chi connectivity index (χ0n) is 11.3. The highest BCUT2D eigenvalue weighted by atomic mass is 79.9. The van der Waals surface area contributed by atoms with Crippen LogP contribution in [0.2, 0.25) is 0 Å². The number of nitrogens with two attached hydrogens (primary N) is 1. The highest BCUT2D eigenvalue weighted by Gasteiger charge is 2.37. The van der Waals surface area contributed by atoms with Crippen molar-refractivity contribution in [2.45, 2.75) is 12.1 Å². The normalized spacial score (nSPS) is 24.4. The number of carbonyl (C=O) groups is 1. The lowest BCUT2D eigenvalue weighted by Gasteiger charge is -2.40. The van der Waals surface area contributed by atoms with Gasteiger partial charge in [0, 0.05) is 43.2 Å². The average Bonchev–Trinajstić information content (AvgIpc) is 2.83. The number of amides is 2. The van der Waals surface area contributed by atoms with Gasteiger partial charge in [-0.3, -0.25) is 4.90 Å². The molecule has 6 heteroatoms. The van der Waals surface area contributed by atoms with Crippen molar-refractivity contribution in [1.29, 1.82) is 0 Å². The van der Waals surface area contributed by atoms with Crippen molar-refractivity contribution < 1.29 is 4.79 Å². The Morgan fingerprint density at radius 2 is 2.20 bits per heavy atom. The summed E-state index contributed by atoms with van der Waals surface area (Å²) in [4.78, 5) is 16.0. The molecule has 1 aromatic carbocycles. The van der Waals surface area contributed by atoms with Gasteiger partial charge in [-0.1, -0.05) is 34.1 Å². The maximum absolute atomic E-state index is 11.6. The van der Waals surface area contributed by atoms with Crippen LogP contribution in [0, 0.1) is 0 Å². The van der Waals surface area contributed by atoms with Crippen LogP contribution in [-0.4, -0.2) is 54.6 Å². The average molecular weight is 339 g/mol. The number of carbonyl (C=O) groups excluding carboxylic acids is 1. The van der Waals surface area contributed by atoms with E-state index in [0.717, 1.165) is 30.7 Å². The number of nitrogens with zero attached hydrogens (tertiary/aromatic N) is 2. The summed E-state index contributed by atoms with van der Waals surface area (Å²) in [5.74, 6) is 0. The van der Waals surface area contributed by atoms with Gasteiger partial charge in [-0.2, -0.15) is 0 Å². The molecule has 3 rings (SSSR count). The molecule has 20 heavy (non-hydrogen) atoms. The Kier molecular flexibility index (Phi) is 3.96. The molecule has 2 aliphatic rings. The fraction of sp³-hybridized carbons (Fsp3) is 0.500. The van der Waals surface area contributed by atoms with Crippen LogP contribution >= 0.6 is 15.9 Å². The Labute approximate surface area is 127 Å². The molecule has 0 aliphatic carbocycles. The minimum Gasteiger partial charge on any atom is -0.336 e. The third-order valence-corrected chi connectivity index (χ3v) is 4.91. The molecule has 2 unspecified atom stereocenters. The second-order valence-electron chi connectivity index (χ2n) is 5.30. The molecule has 0 bridgehead atoms. The standard InChI is InChI=1S/C14H19BrN4O/c15-12-4-2-1-3-11(12)13(7-16)18-5-6-19-10(9-18)8-17-14(19)20/h1-4,10,13H,5-9,16H2,(H,17,20). The number of nitrogens with one attached hydrogen (secondary N) is 1. The van der Waals surface area contributed by atoms with E-state index in [2.05, 4.69) is 38.3 Å². The lowest BCUT2D eigenvalue weighted by atomic mass is 10.0. The largest absolute Gasteiger partial charge is 0.336 e. The minimum atomic E-state index is 0.0693. The Morgan fingerprint density at radius 1 is 1.40 bits per heavy atom. The molecule has 1 aromatic rings. The Bertz CT molecular complexity index is 510. The number of piperazine rings is 1. The summed E-state index contributed by atoms with van der Waals surface area (Å²) in [6.07, 6.45) is 0. The van der Waals surface area contributed by atoms with E-state index in [1.165, 1.54) is 5.56 Å². The van der Waals surface area contributed by atoms with Crippen molar-refractivity contribution in [3.8, 4) is 0 Å². The summed E-state index contributed by atoms with van der Waals surface area (Å²) in [5, 5.41) is 2.91. The van der Waals surface area contributed by atoms with Gasteiger partial charge >= 0.3 is 6.03 Å². The summed E-state index contributed by atoms with van der Waals surface area (Å²) in [5.41, 5.74) is 7.23. The Hall–Kier alpha value is -1.11. The maximum atomic E-state index is 11.6. The lowest BCUT2D eigenvalue weighted by Crippen LogP contribution is -2.53. The molecule has 2 saturated heterocycles. The molecule has 2 fully saturated rings. The number of hydrogen-bond donors (Lipinski definition) is 2. The number of fused-ring (bicyclic) bond motifs is 1. The first-order valence-electron chi connectivity index (χ1n) is 6.93. The van der Waals surface area contributed by atoms with Crippen LogP contribution in [0.4, 0.5) is 4.79 Å². The van der Waals surface area contributed by atoms with Crippen LogP contribution in [0.3, 0.4) is 0 Å². The molecule has 0 aromatic heterocycles. The summed E-state index contributed by atoms with van der Waals surface area (Å²) < 4.78 is 1.10. The molecule has 2 atom stereocenters. The molecule has 2 amide bonds. The minimum absolute atomic E-state index is 0.0693. The molecular weight excluding hydrogens is 320 g/mol. The number of rotatable bonds is 3. The molecule has 5 nitrogen and oxygen atoms in total. The summed E-state index contributed by atoms with van der Waals surface area (Å²) in [7, 11) is 0. The van der Waals surface area contributed by atoms with E-state index in [0.29, 0.717) is 6.54 Å². The van der Waals surface area contributed by atoms with E-state index in [1.807, 2.05) is 17.0 Å². The third-order valence-electron chi connectivity index (χ3n) is 4.19. The Balaban J connectivity index is 1.78. The lowest BCUT2D eigenvalue weighted by molar-refractivity contribution is 0.0902. The van der Waals surface area contributed by atoms with Crippen LogP contribution in [0.5, 0.6) is 0 Å². The molecule has 2 heterocycles. The molecule has 2 aliphatic heterocycles. The van der Waals surface area contributed by atoms with Crippen molar-refractivity contribution in [2.24, 2.45) is 5.73 Å². The van der Waals surface area contributed by atoms with E-state index < -0.39 is 0 Å². The quantitative estimate of drug-likeness (QED) is 0.869. The molecule has 108 valence electrons. The van der Waals surface area contributed by atoms with Gasteiger partial charge in [-0.05, 0) is 11.6 Å². The fourth-order valence-corrected chi connectivity index (χ4v) is 3.68. The maximum Gasteiger partial charge on any atom is 0.317 e. The zero-order valence-corrected chi connectivity index (χ0v) is 12.8. The predicted octanol–water partition coefficient (Wildman–Crippen LogP) is 1.16. The second-order valence-corrected chi connectivity index (χ2v) is 6.16. The van der Waals surface area contributed by atoms with Gasteiger partial charge in [0.2, 0.25) is 0 Å². The molecule has 0 spiro atoms. The SMILES string of the molecule is NCC(c1ccccc1Br)N1CCN2C(=O)NCC2C1. The monoisotopic (exact) mass is 338 g/mol. The van der Waals surface area contributed by atoms with Crippen molar-refractivity contribution in [3.63, 3.8) is 0 Å². The van der Waals surface area contributed by atoms with Gasteiger partial charge in [0.05, 0.1) is 6.04 Å². The van der Waals surface area contributed by atoms with Crippen LogP contribution in [-0.2, 0) is 0 Å². The van der Waals surface area contributed by atoms with Gasteiger partial charge in [0.25, 0.3) is 0 Å². The van der Waals surface area contributed by atoms with Gasteiger partial charge in [-0.25, -0.2) is 4.79 Å². The smallest absolute Gasteiger partial charge is 0.317 e. The predicted molar refractivity (Wildman–Crippen MR) is 81.4 cm³/mol. The van der Waals surface area contributed by atoms with Crippen molar-refractivity contribution in [1.82, 2.24) is 15.1 Å². The first kappa shape index (κ1) is 13.9. The van der Waals surface area contributed by atoms with Crippen molar-refractivity contribution >= 4 is 22.0 Å².